The number of aromatic amines is 1. The number of rotatable bonds is 8. The van der Waals surface area contributed by atoms with E-state index in [2.05, 4.69) is 9.97 Å². The zero-order valence-electron chi connectivity index (χ0n) is 17.5. The highest BCUT2D eigenvalue weighted by Crippen LogP contribution is 2.25. The van der Waals surface area contributed by atoms with Crippen LogP contribution in [0.25, 0.3) is 10.9 Å². The summed E-state index contributed by atoms with van der Waals surface area (Å²) in [7, 11) is 0. The molecule has 0 radical (unpaired) electrons. The summed E-state index contributed by atoms with van der Waals surface area (Å²) in [5.41, 5.74) is 0.888. The van der Waals surface area contributed by atoms with Gasteiger partial charge in [-0.05, 0) is 23.8 Å². The summed E-state index contributed by atoms with van der Waals surface area (Å²) in [5.74, 6) is -0.0748. The van der Waals surface area contributed by atoms with Crippen molar-refractivity contribution in [2.24, 2.45) is 0 Å². The standard InChI is InChI=1S/C24H20N4O5/c29-23(16-33-21-13-7-6-12-20(21)28(31)32)27(14-17-8-2-1-3-9-17)15-22-25-19-11-5-4-10-18(19)24(30)26-22/h1-13H,14-16H2,(H,25,26,30). The van der Waals surface area contributed by atoms with Gasteiger partial charge in [0.05, 0.1) is 22.4 Å². The lowest BCUT2D eigenvalue weighted by atomic mass is 10.2. The maximum Gasteiger partial charge on any atom is 0.310 e. The van der Waals surface area contributed by atoms with Gasteiger partial charge in [0.15, 0.2) is 12.4 Å². The number of para-hydroxylation sites is 3. The Morgan fingerprint density at radius 3 is 2.45 bits per heavy atom. The van der Waals surface area contributed by atoms with Crippen LogP contribution in [0.4, 0.5) is 5.69 Å². The molecule has 9 nitrogen and oxygen atoms in total. The zero-order valence-corrected chi connectivity index (χ0v) is 17.5. The average Bonchev–Trinajstić information content (AvgIpc) is 2.83. The lowest BCUT2D eigenvalue weighted by Crippen LogP contribution is -2.35. The van der Waals surface area contributed by atoms with Crippen LogP contribution in [0, 0.1) is 10.1 Å². The van der Waals surface area contributed by atoms with Crippen LogP contribution < -0.4 is 10.3 Å². The molecule has 0 saturated carbocycles. The number of ether oxygens (including phenoxy) is 1. The number of nitro groups is 1. The lowest BCUT2D eigenvalue weighted by molar-refractivity contribution is -0.385. The number of hydrogen-bond donors (Lipinski definition) is 1. The van der Waals surface area contributed by atoms with Crippen molar-refractivity contribution in [1.29, 1.82) is 0 Å². The van der Waals surface area contributed by atoms with Gasteiger partial charge in [0.25, 0.3) is 11.5 Å². The van der Waals surface area contributed by atoms with Gasteiger partial charge >= 0.3 is 5.69 Å². The van der Waals surface area contributed by atoms with Crippen LogP contribution >= 0.6 is 0 Å². The van der Waals surface area contributed by atoms with Crippen molar-refractivity contribution in [3.05, 3.63) is 111 Å². The van der Waals surface area contributed by atoms with Crippen molar-refractivity contribution < 1.29 is 14.5 Å². The molecule has 0 spiro atoms. The van der Waals surface area contributed by atoms with E-state index in [-0.39, 0.29) is 30.1 Å². The van der Waals surface area contributed by atoms with Crippen LogP contribution in [0.2, 0.25) is 0 Å². The number of aromatic nitrogens is 2. The first kappa shape index (κ1) is 21.7. The van der Waals surface area contributed by atoms with Crippen LogP contribution in [0.3, 0.4) is 0 Å². The lowest BCUT2D eigenvalue weighted by Gasteiger charge is -2.22. The fourth-order valence-electron chi connectivity index (χ4n) is 3.39. The second-order valence-electron chi connectivity index (χ2n) is 7.28. The average molecular weight is 444 g/mol. The zero-order chi connectivity index (χ0) is 23.2. The molecule has 1 heterocycles. The molecular formula is C24H20N4O5. The molecule has 4 aromatic rings. The Labute approximate surface area is 188 Å². The smallest absolute Gasteiger partial charge is 0.310 e. The Morgan fingerprint density at radius 1 is 0.970 bits per heavy atom. The second kappa shape index (κ2) is 9.73. The van der Waals surface area contributed by atoms with Gasteiger partial charge in [0.2, 0.25) is 0 Å². The van der Waals surface area contributed by atoms with Gasteiger partial charge in [0.1, 0.15) is 5.82 Å². The number of fused-ring (bicyclic) bond motifs is 1. The predicted octanol–water partition coefficient (Wildman–Crippen LogP) is 3.44. The van der Waals surface area contributed by atoms with Crippen LogP contribution in [0.5, 0.6) is 5.75 Å². The number of nitro benzene ring substituents is 1. The van der Waals surface area contributed by atoms with E-state index < -0.39 is 17.4 Å². The van der Waals surface area contributed by atoms with E-state index in [0.717, 1.165) is 5.56 Å². The highest BCUT2D eigenvalue weighted by molar-refractivity contribution is 5.79. The van der Waals surface area contributed by atoms with Gasteiger partial charge < -0.3 is 14.6 Å². The molecular weight excluding hydrogens is 424 g/mol. The van der Waals surface area contributed by atoms with Crippen molar-refractivity contribution >= 4 is 22.5 Å². The van der Waals surface area contributed by atoms with Crippen molar-refractivity contribution in [2.75, 3.05) is 6.61 Å². The first-order valence-electron chi connectivity index (χ1n) is 10.2. The van der Waals surface area contributed by atoms with Gasteiger partial charge in [-0.1, -0.05) is 54.6 Å². The molecule has 0 aliphatic rings. The number of hydrogen-bond acceptors (Lipinski definition) is 6. The van der Waals surface area contributed by atoms with Gasteiger partial charge in [-0.3, -0.25) is 19.7 Å². The van der Waals surface area contributed by atoms with Crippen molar-refractivity contribution in [2.45, 2.75) is 13.1 Å². The molecule has 0 unspecified atom stereocenters. The highest BCUT2D eigenvalue weighted by atomic mass is 16.6. The number of nitrogens with one attached hydrogen (secondary N) is 1. The molecule has 166 valence electrons. The second-order valence-corrected chi connectivity index (χ2v) is 7.28. The first-order chi connectivity index (χ1) is 16.0. The van der Waals surface area contributed by atoms with E-state index in [1.807, 2.05) is 30.3 Å². The van der Waals surface area contributed by atoms with E-state index in [0.29, 0.717) is 16.7 Å². The van der Waals surface area contributed by atoms with E-state index in [4.69, 9.17) is 4.74 Å². The molecule has 4 rings (SSSR count). The number of benzene rings is 3. The molecule has 0 aliphatic heterocycles. The van der Waals surface area contributed by atoms with E-state index in [1.54, 1.807) is 30.3 Å². The number of amides is 1. The van der Waals surface area contributed by atoms with Crippen LogP contribution in [0.15, 0.2) is 83.7 Å². The van der Waals surface area contributed by atoms with Gasteiger partial charge in [0, 0.05) is 12.6 Å². The van der Waals surface area contributed by atoms with Gasteiger partial charge in [-0.15, -0.1) is 0 Å². The first-order valence-corrected chi connectivity index (χ1v) is 10.2. The van der Waals surface area contributed by atoms with Crippen molar-refractivity contribution in [3.8, 4) is 5.75 Å². The molecule has 0 fully saturated rings. The van der Waals surface area contributed by atoms with Crippen molar-refractivity contribution in [1.82, 2.24) is 14.9 Å². The summed E-state index contributed by atoms with van der Waals surface area (Å²) in [6.07, 6.45) is 0. The fourth-order valence-corrected chi connectivity index (χ4v) is 3.39. The van der Waals surface area contributed by atoms with E-state index in [1.165, 1.54) is 23.1 Å². The number of H-pyrrole nitrogens is 1. The Bertz CT molecular complexity index is 1350. The topological polar surface area (TPSA) is 118 Å². The molecule has 1 amide bonds. The molecule has 0 aliphatic carbocycles. The third-order valence-corrected chi connectivity index (χ3v) is 4.98. The Morgan fingerprint density at radius 2 is 1.67 bits per heavy atom. The molecule has 33 heavy (non-hydrogen) atoms. The van der Waals surface area contributed by atoms with Gasteiger partial charge in [-0.2, -0.15) is 0 Å². The molecule has 0 atom stereocenters. The molecule has 1 N–H and O–H groups in total. The van der Waals surface area contributed by atoms with Crippen LogP contribution in [-0.4, -0.2) is 32.3 Å². The SMILES string of the molecule is O=C(COc1ccccc1[N+](=O)[O-])N(Cc1ccccc1)Cc1nc2ccccc2c(=O)[nH]1. The summed E-state index contributed by atoms with van der Waals surface area (Å²) in [4.78, 5) is 44.8. The van der Waals surface area contributed by atoms with Crippen LogP contribution in [-0.2, 0) is 17.9 Å². The summed E-state index contributed by atoms with van der Waals surface area (Å²) >= 11 is 0. The molecule has 0 bridgehead atoms. The summed E-state index contributed by atoms with van der Waals surface area (Å²) in [5, 5.41) is 11.7. The van der Waals surface area contributed by atoms with E-state index in [9.17, 15) is 19.7 Å². The quantitative estimate of drug-likeness (QED) is 0.329. The molecule has 1 aromatic heterocycles. The third-order valence-electron chi connectivity index (χ3n) is 4.98. The fraction of sp³-hybridized carbons (Fsp3) is 0.125. The van der Waals surface area contributed by atoms with E-state index >= 15 is 0 Å². The normalized spacial score (nSPS) is 10.7. The third kappa shape index (κ3) is 5.21. The molecule has 9 heteroatoms. The van der Waals surface area contributed by atoms with Gasteiger partial charge in [-0.25, -0.2) is 4.98 Å². The summed E-state index contributed by atoms with van der Waals surface area (Å²) in [6, 6.07) is 22.2. The summed E-state index contributed by atoms with van der Waals surface area (Å²) in [6.45, 7) is -0.125. The minimum absolute atomic E-state index is 0.00717. The molecule has 3 aromatic carbocycles. The predicted molar refractivity (Wildman–Crippen MR) is 122 cm³/mol. The highest BCUT2D eigenvalue weighted by Gasteiger charge is 2.20. The minimum Gasteiger partial charge on any atom is -0.477 e. The number of carbonyl (C=O) groups excluding carboxylic acids is 1. The number of nitrogens with zero attached hydrogens (tertiary/aromatic N) is 3. The Balaban J connectivity index is 1.58. The Hall–Kier alpha value is -4.53. The molecule has 0 saturated heterocycles. The maximum atomic E-state index is 13.1. The minimum atomic E-state index is -0.564. The summed E-state index contributed by atoms with van der Waals surface area (Å²) < 4.78 is 5.49. The largest absolute Gasteiger partial charge is 0.477 e. The monoisotopic (exact) mass is 444 g/mol. The van der Waals surface area contributed by atoms with Crippen LogP contribution in [0.1, 0.15) is 11.4 Å². The number of carbonyl (C=O) groups is 1. The maximum absolute atomic E-state index is 13.1. The Kier molecular flexibility index (Phi) is 6.40. The van der Waals surface area contributed by atoms with Crippen molar-refractivity contribution in [3.63, 3.8) is 0 Å².